The number of aryl methyl sites for hydroxylation is 2. The zero-order chi connectivity index (χ0) is 9.42. The van der Waals surface area contributed by atoms with Gasteiger partial charge in [0.1, 0.15) is 5.82 Å². The van der Waals surface area contributed by atoms with Gasteiger partial charge >= 0.3 is 0 Å². The molecule has 0 saturated carbocycles. The number of hydrogen-bond acceptors (Lipinski definition) is 3. The van der Waals surface area contributed by atoms with Crippen molar-refractivity contribution in [3.8, 4) is 0 Å². The van der Waals surface area contributed by atoms with Crippen LogP contribution in [0.3, 0.4) is 0 Å². The SMILES string of the molecule is CCn1cnc2nc(C)[nH]c(=O)c21. The molecule has 0 unspecified atom stereocenters. The molecule has 0 fully saturated rings. The van der Waals surface area contributed by atoms with E-state index >= 15 is 0 Å². The number of aromatic nitrogens is 4. The first-order valence-corrected chi connectivity index (χ1v) is 4.14. The van der Waals surface area contributed by atoms with Gasteiger partial charge in [0, 0.05) is 6.54 Å². The lowest BCUT2D eigenvalue weighted by Crippen LogP contribution is -2.12. The molecule has 0 amide bonds. The number of imidazole rings is 1. The molecule has 5 heteroatoms. The Bertz CT molecular complexity index is 496. The highest BCUT2D eigenvalue weighted by Gasteiger charge is 2.06. The van der Waals surface area contributed by atoms with Crippen LogP contribution in [0.4, 0.5) is 0 Å². The van der Waals surface area contributed by atoms with Crippen molar-refractivity contribution in [2.75, 3.05) is 0 Å². The van der Waals surface area contributed by atoms with E-state index in [0.717, 1.165) is 6.54 Å². The minimum atomic E-state index is -0.123. The Morgan fingerprint density at radius 1 is 1.62 bits per heavy atom. The van der Waals surface area contributed by atoms with Gasteiger partial charge in [-0.15, -0.1) is 0 Å². The number of aromatic amines is 1. The molecular formula is C8H10N4O. The number of H-pyrrole nitrogens is 1. The lowest BCUT2D eigenvalue weighted by atomic mass is 10.5. The standard InChI is InChI=1S/C8H10N4O/c1-3-12-4-9-7-6(12)8(13)11-5(2)10-7/h4H,3H2,1-2H3,(H,10,11,13). The van der Waals surface area contributed by atoms with E-state index in [9.17, 15) is 4.79 Å². The third-order valence-electron chi connectivity index (χ3n) is 1.94. The van der Waals surface area contributed by atoms with Crippen LogP contribution in [0.2, 0.25) is 0 Å². The molecule has 0 atom stereocenters. The molecule has 2 rings (SSSR count). The van der Waals surface area contributed by atoms with E-state index in [1.807, 2.05) is 6.92 Å². The van der Waals surface area contributed by atoms with Gasteiger partial charge in [-0.25, -0.2) is 9.97 Å². The van der Waals surface area contributed by atoms with E-state index < -0.39 is 0 Å². The highest BCUT2D eigenvalue weighted by Crippen LogP contribution is 2.03. The van der Waals surface area contributed by atoms with Crippen molar-refractivity contribution in [3.05, 3.63) is 22.5 Å². The molecule has 2 heterocycles. The van der Waals surface area contributed by atoms with Crippen molar-refractivity contribution >= 4 is 11.2 Å². The Balaban J connectivity index is 2.90. The van der Waals surface area contributed by atoms with Gasteiger partial charge in [-0.05, 0) is 13.8 Å². The Kier molecular flexibility index (Phi) is 1.65. The van der Waals surface area contributed by atoms with Crippen LogP contribution in [-0.4, -0.2) is 19.5 Å². The molecule has 5 nitrogen and oxygen atoms in total. The van der Waals surface area contributed by atoms with Crippen LogP contribution >= 0.6 is 0 Å². The number of rotatable bonds is 1. The lowest BCUT2D eigenvalue weighted by Gasteiger charge is -1.96. The minimum absolute atomic E-state index is 0.123. The molecular weight excluding hydrogens is 168 g/mol. The highest BCUT2D eigenvalue weighted by molar-refractivity contribution is 5.69. The molecule has 13 heavy (non-hydrogen) atoms. The molecule has 68 valence electrons. The molecule has 0 bridgehead atoms. The summed E-state index contributed by atoms with van der Waals surface area (Å²) in [4.78, 5) is 22.3. The summed E-state index contributed by atoms with van der Waals surface area (Å²) in [7, 11) is 0. The first kappa shape index (κ1) is 7.97. The van der Waals surface area contributed by atoms with Gasteiger partial charge in [-0.2, -0.15) is 0 Å². The summed E-state index contributed by atoms with van der Waals surface area (Å²) < 4.78 is 1.78. The quantitative estimate of drug-likeness (QED) is 0.689. The number of nitrogens with one attached hydrogen (secondary N) is 1. The average Bonchev–Trinajstić information content (AvgIpc) is 2.47. The van der Waals surface area contributed by atoms with Crippen LogP contribution in [0.25, 0.3) is 11.2 Å². The highest BCUT2D eigenvalue weighted by atomic mass is 16.1. The summed E-state index contributed by atoms with van der Waals surface area (Å²) in [5.74, 6) is 0.596. The second-order valence-corrected chi connectivity index (χ2v) is 2.85. The third kappa shape index (κ3) is 1.12. The fraction of sp³-hybridized carbons (Fsp3) is 0.375. The Hall–Kier alpha value is -1.65. The zero-order valence-corrected chi connectivity index (χ0v) is 7.53. The topological polar surface area (TPSA) is 63.6 Å². The van der Waals surface area contributed by atoms with Gasteiger partial charge in [0.05, 0.1) is 6.33 Å². The van der Waals surface area contributed by atoms with Crippen molar-refractivity contribution in [3.63, 3.8) is 0 Å². The molecule has 0 aliphatic heterocycles. The Labute approximate surface area is 74.4 Å². The normalized spacial score (nSPS) is 10.9. The van der Waals surface area contributed by atoms with Gasteiger partial charge in [-0.3, -0.25) is 4.79 Å². The Morgan fingerprint density at radius 2 is 2.38 bits per heavy atom. The molecule has 0 aromatic carbocycles. The van der Waals surface area contributed by atoms with Gasteiger partial charge in [-0.1, -0.05) is 0 Å². The maximum atomic E-state index is 11.5. The maximum absolute atomic E-state index is 11.5. The van der Waals surface area contributed by atoms with Crippen molar-refractivity contribution in [1.29, 1.82) is 0 Å². The van der Waals surface area contributed by atoms with Crippen LogP contribution in [0.5, 0.6) is 0 Å². The van der Waals surface area contributed by atoms with Gasteiger partial charge in [0.15, 0.2) is 11.2 Å². The summed E-state index contributed by atoms with van der Waals surface area (Å²) in [6.07, 6.45) is 1.63. The minimum Gasteiger partial charge on any atom is -0.325 e. The van der Waals surface area contributed by atoms with E-state index in [1.54, 1.807) is 17.8 Å². The fourth-order valence-corrected chi connectivity index (χ4v) is 1.34. The molecule has 1 N–H and O–H groups in total. The fourth-order valence-electron chi connectivity index (χ4n) is 1.34. The Morgan fingerprint density at radius 3 is 3.08 bits per heavy atom. The predicted molar refractivity (Wildman–Crippen MR) is 48.6 cm³/mol. The molecule has 0 radical (unpaired) electrons. The first-order valence-electron chi connectivity index (χ1n) is 4.14. The second-order valence-electron chi connectivity index (χ2n) is 2.85. The third-order valence-corrected chi connectivity index (χ3v) is 1.94. The molecule has 0 saturated heterocycles. The molecule has 0 aliphatic carbocycles. The summed E-state index contributed by atoms with van der Waals surface area (Å²) >= 11 is 0. The van der Waals surface area contributed by atoms with Crippen molar-refractivity contribution < 1.29 is 0 Å². The largest absolute Gasteiger partial charge is 0.325 e. The number of hydrogen-bond donors (Lipinski definition) is 1. The van der Waals surface area contributed by atoms with E-state index in [2.05, 4.69) is 15.0 Å². The van der Waals surface area contributed by atoms with Crippen molar-refractivity contribution in [2.24, 2.45) is 0 Å². The summed E-state index contributed by atoms with van der Waals surface area (Å²) in [5.41, 5.74) is 0.943. The number of nitrogens with zero attached hydrogens (tertiary/aromatic N) is 3. The van der Waals surface area contributed by atoms with Crippen LogP contribution in [0.1, 0.15) is 12.7 Å². The van der Waals surface area contributed by atoms with Crippen LogP contribution in [0, 0.1) is 6.92 Å². The monoisotopic (exact) mass is 178 g/mol. The summed E-state index contributed by atoms with van der Waals surface area (Å²) in [6.45, 7) is 4.43. The summed E-state index contributed by atoms with van der Waals surface area (Å²) in [6, 6.07) is 0. The van der Waals surface area contributed by atoms with Gasteiger partial charge in [0.25, 0.3) is 5.56 Å². The number of fused-ring (bicyclic) bond motifs is 1. The van der Waals surface area contributed by atoms with Crippen molar-refractivity contribution in [1.82, 2.24) is 19.5 Å². The molecule has 2 aromatic rings. The van der Waals surface area contributed by atoms with E-state index in [0.29, 0.717) is 17.0 Å². The van der Waals surface area contributed by atoms with E-state index in [-0.39, 0.29) is 5.56 Å². The van der Waals surface area contributed by atoms with E-state index in [1.165, 1.54) is 0 Å². The van der Waals surface area contributed by atoms with Gasteiger partial charge < -0.3 is 9.55 Å². The smallest absolute Gasteiger partial charge is 0.277 e. The average molecular weight is 178 g/mol. The van der Waals surface area contributed by atoms with Gasteiger partial charge in [0.2, 0.25) is 0 Å². The molecule has 2 aromatic heterocycles. The van der Waals surface area contributed by atoms with Crippen molar-refractivity contribution in [2.45, 2.75) is 20.4 Å². The van der Waals surface area contributed by atoms with Crippen LogP contribution in [-0.2, 0) is 6.54 Å². The van der Waals surface area contributed by atoms with Crippen LogP contribution < -0.4 is 5.56 Å². The first-order chi connectivity index (χ1) is 6.22. The molecule has 0 aliphatic rings. The summed E-state index contributed by atoms with van der Waals surface area (Å²) in [5, 5.41) is 0. The van der Waals surface area contributed by atoms with E-state index in [4.69, 9.17) is 0 Å². The lowest BCUT2D eigenvalue weighted by molar-refractivity contribution is 0.782. The second kappa shape index (κ2) is 2.69. The zero-order valence-electron chi connectivity index (χ0n) is 7.53. The molecule has 0 spiro atoms. The predicted octanol–water partition coefficient (Wildman–Crippen LogP) is 0.448. The maximum Gasteiger partial charge on any atom is 0.277 e. The van der Waals surface area contributed by atoms with Crippen LogP contribution in [0.15, 0.2) is 11.1 Å².